The van der Waals surface area contributed by atoms with E-state index in [0.29, 0.717) is 5.13 Å². The van der Waals surface area contributed by atoms with Crippen LogP contribution in [0.15, 0.2) is 30.5 Å². The molecule has 6 heteroatoms. The molecule has 0 radical (unpaired) electrons. The van der Waals surface area contributed by atoms with Crippen molar-refractivity contribution in [2.24, 2.45) is 0 Å². The minimum atomic E-state index is -0.312. The summed E-state index contributed by atoms with van der Waals surface area (Å²) in [6, 6.07) is 6.49. The molecule has 0 saturated carbocycles. The van der Waals surface area contributed by atoms with Crippen LogP contribution in [0, 0.1) is 6.92 Å². The number of ether oxygens (including phenoxy) is 1. The Balaban J connectivity index is 1.87. The highest BCUT2D eigenvalue weighted by Crippen LogP contribution is 2.24. The van der Waals surface area contributed by atoms with Crippen molar-refractivity contribution in [3.05, 3.63) is 35.3 Å². The Morgan fingerprint density at radius 2 is 2.28 bits per heavy atom. The molecule has 0 saturated heterocycles. The quantitative estimate of drug-likeness (QED) is 0.887. The van der Waals surface area contributed by atoms with Crippen molar-refractivity contribution < 1.29 is 14.6 Å². The van der Waals surface area contributed by atoms with Gasteiger partial charge in [0.1, 0.15) is 0 Å². The van der Waals surface area contributed by atoms with E-state index >= 15 is 0 Å². The van der Waals surface area contributed by atoms with Crippen LogP contribution in [0.1, 0.15) is 4.88 Å². The zero-order chi connectivity index (χ0) is 13.0. The van der Waals surface area contributed by atoms with E-state index in [-0.39, 0.29) is 24.0 Å². The fraction of sp³-hybridized carbons (Fsp3) is 0.167. The number of rotatable bonds is 4. The number of phenols is 1. The Bertz CT molecular complexity index is 554. The number of amides is 1. The highest BCUT2D eigenvalue weighted by Gasteiger charge is 2.07. The maximum atomic E-state index is 11.6. The van der Waals surface area contributed by atoms with E-state index in [1.807, 2.05) is 6.92 Å². The molecule has 0 aliphatic rings. The Hall–Kier alpha value is -2.08. The summed E-state index contributed by atoms with van der Waals surface area (Å²) >= 11 is 1.39. The number of nitrogens with zero attached hydrogens (tertiary/aromatic N) is 1. The van der Waals surface area contributed by atoms with Crippen LogP contribution < -0.4 is 10.1 Å². The second kappa shape index (κ2) is 5.50. The molecule has 0 bridgehead atoms. The molecule has 2 N–H and O–H groups in total. The molecule has 1 amide bonds. The first-order valence-corrected chi connectivity index (χ1v) is 6.10. The lowest BCUT2D eigenvalue weighted by molar-refractivity contribution is -0.118. The summed E-state index contributed by atoms with van der Waals surface area (Å²) in [5, 5.41) is 12.6. The van der Waals surface area contributed by atoms with E-state index in [4.69, 9.17) is 4.74 Å². The molecule has 0 atom stereocenters. The summed E-state index contributed by atoms with van der Waals surface area (Å²) in [6.07, 6.45) is 1.68. The first-order valence-electron chi connectivity index (χ1n) is 5.28. The molecule has 0 unspecified atom stereocenters. The first-order chi connectivity index (χ1) is 8.65. The van der Waals surface area contributed by atoms with Crippen LogP contribution in [-0.4, -0.2) is 22.6 Å². The molecule has 5 nitrogen and oxygen atoms in total. The number of aromatic hydroxyl groups is 1. The van der Waals surface area contributed by atoms with Gasteiger partial charge in [0, 0.05) is 11.1 Å². The fourth-order valence-electron chi connectivity index (χ4n) is 1.29. The van der Waals surface area contributed by atoms with Gasteiger partial charge in [-0.1, -0.05) is 12.1 Å². The van der Waals surface area contributed by atoms with Crippen molar-refractivity contribution in [3.8, 4) is 11.5 Å². The van der Waals surface area contributed by atoms with E-state index in [1.165, 1.54) is 17.4 Å². The third kappa shape index (κ3) is 3.21. The van der Waals surface area contributed by atoms with Gasteiger partial charge in [-0.3, -0.25) is 10.1 Å². The Morgan fingerprint density at radius 1 is 1.50 bits per heavy atom. The summed E-state index contributed by atoms with van der Waals surface area (Å²) in [7, 11) is 0. The molecule has 0 aliphatic heterocycles. The van der Waals surface area contributed by atoms with Gasteiger partial charge in [0.05, 0.1) is 0 Å². The minimum Gasteiger partial charge on any atom is -0.504 e. The van der Waals surface area contributed by atoms with Gasteiger partial charge in [-0.2, -0.15) is 0 Å². The van der Waals surface area contributed by atoms with Gasteiger partial charge in [-0.05, 0) is 19.1 Å². The van der Waals surface area contributed by atoms with Crippen molar-refractivity contribution in [2.75, 3.05) is 11.9 Å². The Morgan fingerprint density at radius 3 is 2.94 bits per heavy atom. The number of aryl methyl sites for hydroxylation is 1. The van der Waals surface area contributed by atoms with Gasteiger partial charge >= 0.3 is 0 Å². The highest BCUT2D eigenvalue weighted by molar-refractivity contribution is 7.15. The van der Waals surface area contributed by atoms with Crippen LogP contribution in [0.2, 0.25) is 0 Å². The predicted octanol–water partition coefficient (Wildman–Crippen LogP) is 2.17. The third-order valence-corrected chi connectivity index (χ3v) is 2.92. The molecular formula is C12H12N2O3S. The highest BCUT2D eigenvalue weighted by atomic mass is 32.1. The number of hydrogen-bond donors (Lipinski definition) is 2. The van der Waals surface area contributed by atoms with Crippen molar-refractivity contribution >= 4 is 22.4 Å². The van der Waals surface area contributed by atoms with Gasteiger partial charge < -0.3 is 9.84 Å². The maximum absolute atomic E-state index is 11.6. The number of anilines is 1. The van der Waals surface area contributed by atoms with Crippen molar-refractivity contribution in [1.82, 2.24) is 4.98 Å². The average molecular weight is 264 g/mol. The van der Waals surface area contributed by atoms with E-state index in [2.05, 4.69) is 10.3 Å². The van der Waals surface area contributed by atoms with Gasteiger partial charge in [-0.25, -0.2) is 4.98 Å². The number of hydrogen-bond acceptors (Lipinski definition) is 5. The molecule has 2 aromatic rings. The smallest absolute Gasteiger partial charge is 0.264 e. The molecule has 2 rings (SSSR count). The van der Waals surface area contributed by atoms with Crippen LogP contribution in [0.4, 0.5) is 5.13 Å². The monoisotopic (exact) mass is 264 g/mol. The van der Waals surface area contributed by atoms with Crippen LogP contribution in [0.5, 0.6) is 11.5 Å². The number of thiazole rings is 1. The SMILES string of the molecule is Cc1cnc(NC(=O)COc2ccccc2O)s1. The molecule has 1 aromatic carbocycles. The number of phenolic OH excluding ortho intramolecular Hbond substituents is 1. The molecule has 18 heavy (non-hydrogen) atoms. The Kier molecular flexibility index (Phi) is 3.78. The van der Waals surface area contributed by atoms with Crippen LogP contribution in [0.25, 0.3) is 0 Å². The normalized spacial score (nSPS) is 10.1. The molecular weight excluding hydrogens is 252 g/mol. The molecule has 94 valence electrons. The zero-order valence-corrected chi connectivity index (χ0v) is 10.5. The van der Waals surface area contributed by atoms with Crippen molar-refractivity contribution in [2.45, 2.75) is 6.92 Å². The van der Waals surface area contributed by atoms with Crippen LogP contribution in [0.3, 0.4) is 0 Å². The summed E-state index contributed by atoms with van der Waals surface area (Å²) < 4.78 is 5.19. The number of carbonyl (C=O) groups excluding carboxylic acids is 1. The lowest BCUT2D eigenvalue weighted by Gasteiger charge is -2.06. The topological polar surface area (TPSA) is 71.5 Å². The van der Waals surface area contributed by atoms with Gasteiger partial charge in [0.2, 0.25) is 0 Å². The lowest BCUT2D eigenvalue weighted by atomic mass is 10.3. The van der Waals surface area contributed by atoms with Gasteiger partial charge in [0.15, 0.2) is 23.2 Å². The number of carbonyl (C=O) groups is 1. The van der Waals surface area contributed by atoms with Gasteiger partial charge in [-0.15, -0.1) is 11.3 Å². The van der Waals surface area contributed by atoms with E-state index in [9.17, 15) is 9.90 Å². The fourth-order valence-corrected chi connectivity index (χ4v) is 1.97. The van der Waals surface area contributed by atoms with E-state index < -0.39 is 0 Å². The average Bonchev–Trinajstić information content (AvgIpc) is 2.74. The van der Waals surface area contributed by atoms with Gasteiger partial charge in [0.25, 0.3) is 5.91 Å². The Labute approximate surface area is 108 Å². The summed E-state index contributed by atoms with van der Waals surface area (Å²) in [6.45, 7) is 1.74. The van der Waals surface area contributed by atoms with Crippen molar-refractivity contribution in [1.29, 1.82) is 0 Å². The summed E-state index contributed by atoms with van der Waals surface area (Å²) in [5.74, 6) is -0.0223. The molecule has 0 aliphatic carbocycles. The molecule has 1 aromatic heterocycles. The zero-order valence-electron chi connectivity index (χ0n) is 9.71. The number of para-hydroxylation sites is 2. The minimum absolute atomic E-state index is 0.00962. The molecule has 0 spiro atoms. The lowest BCUT2D eigenvalue weighted by Crippen LogP contribution is -2.19. The first kappa shape index (κ1) is 12.4. The van der Waals surface area contributed by atoms with E-state index in [0.717, 1.165) is 4.88 Å². The molecule has 0 fully saturated rings. The number of aromatic nitrogens is 1. The standard InChI is InChI=1S/C12H12N2O3S/c1-8-6-13-12(18-8)14-11(16)7-17-10-5-3-2-4-9(10)15/h2-6,15H,7H2,1H3,(H,13,14,16). The maximum Gasteiger partial charge on any atom is 0.264 e. The number of nitrogens with one attached hydrogen (secondary N) is 1. The largest absolute Gasteiger partial charge is 0.504 e. The van der Waals surface area contributed by atoms with Crippen LogP contribution in [-0.2, 0) is 4.79 Å². The molecule has 1 heterocycles. The third-order valence-electron chi connectivity index (χ3n) is 2.09. The second-order valence-corrected chi connectivity index (χ2v) is 4.82. The predicted molar refractivity (Wildman–Crippen MR) is 69.1 cm³/mol. The summed E-state index contributed by atoms with van der Waals surface area (Å²) in [4.78, 5) is 16.6. The number of benzene rings is 1. The van der Waals surface area contributed by atoms with E-state index in [1.54, 1.807) is 24.4 Å². The summed E-state index contributed by atoms with van der Waals surface area (Å²) in [5.41, 5.74) is 0. The van der Waals surface area contributed by atoms with Crippen LogP contribution >= 0.6 is 11.3 Å². The second-order valence-electron chi connectivity index (χ2n) is 3.58. The van der Waals surface area contributed by atoms with Crippen molar-refractivity contribution in [3.63, 3.8) is 0 Å².